The molecule has 0 aromatic rings. The lowest BCUT2D eigenvalue weighted by atomic mass is 10.2. The third-order valence-corrected chi connectivity index (χ3v) is 10.2. The molecule has 0 aromatic heterocycles. The first kappa shape index (κ1) is 32.4. The summed E-state index contributed by atoms with van der Waals surface area (Å²) >= 11 is 0. The summed E-state index contributed by atoms with van der Waals surface area (Å²) in [6, 6.07) is -0.482. The molecule has 32 heavy (non-hydrogen) atoms. The summed E-state index contributed by atoms with van der Waals surface area (Å²) < 4.78 is 11.5. The molecule has 0 heterocycles. The zero-order valence-electron chi connectivity index (χ0n) is 22.4. The molecule has 0 unspecified atom stereocenters. The van der Waals surface area contributed by atoms with E-state index in [1.807, 2.05) is 39.3 Å². The molecule has 190 valence electrons. The summed E-state index contributed by atoms with van der Waals surface area (Å²) in [4.78, 5) is 32.4. The van der Waals surface area contributed by atoms with E-state index in [9.17, 15) is 9.59 Å². The van der Waals surface area contributed by atoms with E-state index in [0.717, 1.165) is 24.3 Å². The highest BCUT2D eigenvalue weighted by molar-refractivity contribution is 8.76. The van der Waals surface area contributed by atoms with Gasteiger partial charge in [0.15, 0.2) is 0 Å². The Morgan fingerprint density at radius 3 is 1.12 bits per heavy atom. The summed E-state index contributed by atoms with van der Waals surface area (Å²) in [6.45, 7) is 25.5. The maximum absolute atomic E-state index is 12.7. The van der Waals surface area contributed by atoms with Crippen LogP contribution in [0.15, 0.2) is 0 Å². The maximum atomic E-state index is 12.7. The highest BCUT2D eigenvalue weighted by Gasteiger charge is 2.31. The van der Waals surface area contributed by atoms with Crippen molar-refractivity contribution in [2.75, 3.05) is 11.5 Å². The Bertz CT molecular complexity index is 548. The normalized spacial score (nSPS) is 15.2. The van der Waals surface area contributed by atoms with E-state index in [1.165, 1.54) is 0 Å². The predicted octanol–water partition coefficient (Wildman–Crippen LogP) is 5.49. The molecule has 0 radical (unpaired) electrons. The van der Waals surface area contributed by atoms with Crippen molar-refractivity contribution in [3.05, 3.63) is 0 Å². The number of nitrogens with one attached hydrogen (secondary N) is 2. The van der Waals surface area contributed by atoms with Gasteiger partial charge in [-0.15, -0.1) is 0 Å². The topological polar surface area (TPSA) is 76.7 Å². The third kappa shape index (κ3) is 18.8. The first-order valence-electron chi connectivity index (χ1n) is 11.4. The average Bonchev–Trinajstić information content (AvgIpc) is 2.50. The summed E-state index contributed by atoms with van der Waals surface area (Å²) in [5.74, 6) is 1.51. The number of rotatable bonds is 15. The fourth-order valence-corrected chi connectivity index (χ4v) is 9.03. The van der Waals surface area contributed by atoms with Crippen molar-refractivity contribution < 1.29 is 18.4 Å². The van der Waals surface area contributed by atoms with E-state index in [2.05, 4.69) is 49.2 Å². The van der Waals surface area contributed by atoms with Crippen molar-refractivity contribution in [1.29, 1.82) is 0 Å². The molecule has 12 heteroatoms. The minimum atomic E-state index is -1.91. The molecule has 0 saturated carbocycles. The molecule has 0 bridgehead atoms. The van der Waals surface area contributed by atoms with Gasteiger partial charge in [-0.25, -0.2) is 0 Å². The van der Waals surface area contributed by atoms with Crippen LogP contribution in [0, 0.1) is 0 Å². The molecule has 0 spiro atoms. The summed E-state index contributed by atoms with van der Waals surface area (Å²) in [5, 5.41) is 0. The smallest absolute Gasteiger partial charge is 0.309 e. The van der Waals surface area contributed by atoms with Crippen LogP contribution in [0.5, 0.6) is 0 Å². The summed E-state index contributed by atoms with van der Waals surface area (Å²) in [5.41, 5.74) is 0. The molecule has 0 fully saturated rings. The van der Waals surface area contributed by atoms with Crippen LogP contribution in [0.25, 0.3) is 0 Å². The first-order chi connectivity index (χ1) is 14.2. The second kappa shape index (κ2) is 13.5. The quantitative estimate of drug-likeness (QED) is 0.156. The summed E-state index contributed by atoms with van der Waals surface area (Å²) in [6.07, 6.45) is 1.50. The molecule has 0 amide bonds. The van der Waals surface area contributed by atoms with Gasteiger partial charge in [0.05, 0.1) is 12.1 Å². The average molecular weight is 557 g/mol. The van der Waals surface area contributed by atoms with Crippen molar-refractivity contribution in [3.8, 4) is 0 Å². The van der Waals surface area contributed by atoms with Gasteiger partial charge in [0.2, 0.25) is 16.6 Å². The van der Waals surface area contributed by atoms with E-state index >= 15 is 0 Å². The monoisotopic (exact) mass is 556 g/mol. The van der Waals surface area contributed by atoms with E-state index in [1.54, 1.807) is 21.6 Å². The van der Waals surface area contributed by atoms with Crippen molar-refractivity contribution in [3.63, 3.8) is 0 Å². The van der Waals surface area contributed by atoms with Crippen LogP contribution in [-0.2, 0) is 18.4 Å². The zero-order chi connectivity index (χ0) is 25.4. The molecule has 0 aromatic carbocycles. The molecule has 0 aliphatic rings. The minimum absolute atomic E-state index is 0.106. The van der Waals surface area contributed by atoms with E-state index in [4.69, 9.17) is 8.85 Å². The molecule has 2 atom stereocenters. The number of carbonyl (C=O) groups excluding carboxylic acids is 2. The van der Waals surface area contributed by atoms with Crippen LogP contribution in [-0.4, -0.2) is 68.6 Å². The van der Waals surface area contributed by atoms with Gasteiger partial charge in [-0.2, -0.15) is 0 Å². The van der Waals surface area contributed by atoms with Crippen molar-refractivity contribution in [1.82, 2.24) is 9.96 Å². The molecule has 0 aliphatic heterocycles. The standard InChI is InChI=1S/C20H48N2O4S2Si4/c1-29(2,3)21-17(19(23)25-31(7,8)9)13-15-27-28-16-14-18(22-30(4,5)6)20(24)26-32(10,11)12/h17-18,21-22H,13-16H2,1-12H3/t17-,18-/m0/s1. The van der Waals surface area contributed by atoms with Crippen LogP contribution in [0.2, 0.25) is 78.6 Å². The van der Waals surface area contributed by atoms with Crippen molar-refractivity contribution in [2.45, 2.75) is 103 Å². The van der Waals surface area contributed by atoms with Gasteiger partial charge in [0.25, 0.3) is 0 Å². The largest absolute Gasteiger partial charge is 0.519 e. The van der Waals surface area contributed by atoms with Gasteiger partial charge in [-0.05, 0) is 52.1 Å². The predicted molar refractivity (Wildman–Crippen MR) is 154 cm³/mol. The van der Waals surface area contributed by atoms with Gasteiger partial charge in [0, 0.05) is 11.5 Å². The third-order valence-electron chi connectivity index (χ3n) is 3.66. The molecule has 6 nitrogen and oxygen atoms in total. The van der Waals surface area contributed by atoms with Crippen LogP contribution in [0.3, 0.4) is 0 Å². The van der Waals surface area contributed by atoms with Gasteiger partial charge in [-0.3, -0.25) is 9.59 Å². The van der Waals surface area contributed by atoms with E-state index in [0.29, 0.717) is 0 Å². The van der Waals surface area contributed by atoms with Crippen LogP contribution >= 0.6 is 21.6 Å². The van der Waals surface area contributed by atoms with E-state index < -0.39 is 33.1 Å². The number of hydrogen-bond acceptors (Lipinski definition) is 8. The SMILES string of the molecule is C[Si](C)(C)N[C@@H](CCSSCC[C@H](N[Si](C)(C)C)C(=O)O[Si](C)(C)C)C(=O)O[Si](C)(C)C. The zero-order valence-corrected chi connectivity index (χ0v) is 28.1. The second-order valence-corrected chi connectivity index (χ2v) is 33.3. The lowest BCUT2D eigenvalue weighted by Crippen LogP contribution is -2.53. The fourth-order valence-electron chi connectivity index (χ4n) is 2.74. The van der Waals surface area contributed by atoms with Gasteiger partial charge in [-0.1, -0.05) is 60.9 Å². The lowest BCUT2D eigenvalue weighted by molar-refractivity contribution is -0.138. The van der Waals surface area contributed by atoms with Crippen molar-refractivity contribution >= 4 is 66.6 Å². The summed E-state index contributed by atoms with van der Waals surface area (Å²) in [7, 11) is -3.51. The second-order valence-electron chi connectivity index (χ2n) is 12.2. The van der Waals surface area contributed by atoms with Crippen LogP contribution in [0.1, 0.15) is 12.8 Å². The Morgan fingerprint density at radius 1 is 0.625 bits per heavy atom. The first-order valence-corrected chi connectivity index (χ1v) is 27.7. The fraction of sp³-hybridized carbons (Fsp3) is 0.900. The molecule has 0 rings (SSSR count). The Labute approximate surface area is 209 Å². The van der Waals surface area contributed by atoms with Crippen LogP contribution < -0.4 is 9.96 Å². The Balaban J connectivity index is 4.68. The van der Waals surface area contributed by atoms with Gasteiger partial charge < -0.3 is 18.8 Å². The Morgan fingerprint density at radius 2 is 0.906 bits per heavy atom. The number of hydrogen-bond donors (Lipinski definition) is 2. The van der Waals surface area contributed by atoms with Gasteiger partial charge in [0.1, 0.15) is 16.5 Å². The lowest BCUT2D eigenvalue weighted by Gasteiger charge is -2.29. The van der Waals surface area contributed by atoms with Crippen molar-refractivity contribution in [2.24, 2.45) is 0 Å². The molecule has 0 saturated heterocycles. The van der Waals surface area contributed by atoms with Crippen LogP contribution in [0.4, 0.5) is 0 Å². The highest BCUT2D eigenvalue weighted by atomic mass is 33.1. The number of carbonyl (C=O) groups is 2. The Hall–Kier alpha value is 0.428. The van der Waals surface area contributed by atoms with Gasteiger partial charge >= 0.3 is 11.9 Å². The molecule has 2 N–H and O–H groups in total. The molecule has 0 aliphatic carbocycles. The highest BCUT2D eigenvalue weighted by Crippen LogP contribution is 2.25. The minimum Gasteiger partial charge on any atom is -0.519 e. The molecular formula is C20H48N2O4S2Si4. The van der Waals surface area contributed by atoms with E-state index in [-0.39, 0.29) is 24.0 Å². The Kier molecular flexibility index (Phi) is 13.7. The molecular weight excluding hydrogens is 509 g/mol. The maximum Gasteiger partial charge on any atom is 0.309 e.